The van der Waals surface area contributed by atoms with E-state index in [1.54, 1.807) is 17.8 Å². The zero-order valence-corrected chi connectivity index (χ0v) is 12.6. The molecule has 1 aromatic rings. The molecule has 2 nitrogen and oxygen atoms in total. The lowest BCUT2D eigenvalue weighted by Crippen LogP contribution is -2.38. The minimum absolute atomic E-state index is 0.0141. The fourth-order valence-electron chi connectivity index (χ4n) is 1.95. The number of hydrogen-bond acceptors (Lipinski definition) is 3. The Morgan fingerprint density at radius 2 is 2.17 bits per heavy atom. The molecule has 18 heavy (non-hydrogen) atoms. The van der Waals surface area contributed by atoms with Crippen LogP contribution in [0.15, 0.2) is 18.2 Å². The molecule has 5 heteroatoms. The molecule has 0 fully saturated rings. The summed E-state index contributed by atoms with van der Waals surface area (Å²) in [4.78, 5) is 2.19. The summed E-state index contributed by atoms with van der Waals surface area (Å²) in [5.74, 6) is 0.700. The van der Waals surface area contributed by atoms with Crippen LogP contribution in [0.2, 0.25) is 5.02 Å². The highest BCUT2D eigenvalue weighted by molar-refractivity contribution is 7.98. The van der Waals surface area contributed by atoms with Crippen molar-refractivity contribution in [2.24, 2.45) is 5.73 Å². The van der Waals surface area contributed by atoms with E-state index in [9.17, 15) is 4.39 Å². The summed E-state index contributed by atoms with van der Waals surface area (Å²) in [7, 11) is 2.03. The quantitative estimate of drug-likeness (QED) is 0.873. The van der Waals surface area contributed by atoms with Gasteiger partial charge >= 0.3 is 0 Å². The van der Waals surface area contributed by atoms with Gasteiger partial charge in [0.05, 0.1) is 0 Å². The van der Waals surface area contributed by atoms with Gasteiger partial charge in [0.25, 0.3) is 0 Å². The van der Waals surface area contributed by atoms with Gasteiger partial charge in [-0.2, -0.15) is 11.8 Å². The number of halogens is 2. The minimum Gasteiger partial charge on any atom is -0.329 e. The summed E-state index contributed by atoms with van der Waals surface area (Å²) >= 11 is 7.89. The molecule has 0 aliphatic rings. The Morgan fingerprint density at radius 3 is 2.67 bits per heavy atom. The number of nitrogens with zero attached hydrogens (tertiary/aromatic N) is 1. The molecule has 0 heterocycles. The first-order valence-corrected chi connectivity index (χ1v) is 7.64. The zero-order chi connectivity index (χ0) is 13.7. The summed E-state index contributed by atoms with van der Waals surface area (Å²) in [6.45, 7) is 2.61. The Hall–Kier alpha value is -0.290. The molecule has 0 amide bonds. The first-order valence-electron chi connectivity index (χ1n) is 5.87. The van der Waals surface area contributed by atoms with Gasteiger partial charge in [0, 0.05) is 29.4 Å². The molecule has 1 aromatic carbocycles. The Bertz CT molecular complexity index is 389. The van der Waals surface area contributed by atoms with Gasteiger partial charge in [0.1, 0.15) is 5.82 Å². The highest BCUT2D eigenvalue weighted by atomic mass is 35.5. The number of thioether (sulfide) groups is 1. The van der Waals surface area contributed by atoms with E-state index in [0.717, 1.165) is 11.3 Å². The normalized spacial score (nSPS) is 14.8. The Morgan fingerprint density at radius 1 is 1.50 bits per heavy atom. The average Bonchev–Trinajstić information content (AvgIpc) is 2.32. The fraction of sp³-hybridized carbons (Fsp3) is 0.538. The predicted octanol–water partition coefficient (Wildman–Crippen LogP) is 3.16. The molecular weight excluding hydrogens is 271 g/mol. The monoisotopic (exact) mass is 290 g/mol. The van der Waals surface area contributed by atoms with E-state index in [0.29, 0.717) is 17.6 Å². The van der Waals surface area contributed by atoms with Crippen molar-refractivity contribution in [1.29, 1.82) is 0 Å². The smallest absolute Gasteiger partial charge is 0.124 e. The molecule has 102 valence electrons. The fourth-order valence-corrected chi connectivity index (χ4v) is 2.96. The maximum absolute atomic E-state index is 13.1. The number of rotatable bonds is 6. The first kappa shape index (κ1) is 15.8. The topological polar surface area (TPSA) is 29.3 Å². The summed E-state index contributed by atoms with van der Waals surface area (Å²) in [6.07, 6.45) is 2.08. The molecule has 0 aromatic heterocycles. The second kappa shape index (κ2) is 7.34. The molecular formula is C13H20ClFN2S. The van der Waals surface area contributed by atoms with Crippen LogP contribution in [0.25, 0.3) is 0 Å². The third kappa shape index (κ3) is 3.85. The first-order chi connectivity index (χ1) is 8.51. The third-order valence-electron chi connectivity index (χ3n) is 3.14. The molecule has 0 saturated carbocycles. The van der Waals surface area contributed by atoms with Crippen molar-refractivity contribution < 1.29 is 4.39 Å². The molecule has 0 aliphatic heterocycles. The van der Waals surface area contributed by atoms with Gasteiger partial charge in [-0.3, -0.25) is 4.90 Å². The van der Waals surface area contributed by atoms with Gasteiger partial charge in [-0.05, 0) is 37.9 Å². The van der Waals surface area contributed by atoms with Crippen LogP contribution in [0.1, 0.15) is 18.5 Å². The highest BCUT2D eigenvalue weighted by Gasteiger charge is 2.22. The molecule has 2 N–H and O–H groups in total. The largest absolute Gasteiger partial charge is 0.329 e. The Balaban J connectivity index is 2.94. The predicted molar refractivity (Wildman–Crippen MR) is 78.8 cm³/mol. The SMILES string of the molecule is CSCC(C)N(C)C(CN)c1ccc(F)cc1Cl. The van der Waals surface area contributed by atoms with Crippen LogP contribution in [0, 0.1) is 5.82 Å². The van der Waals surface area contributed by atoms with Crippen molar-refractivity contribution in [3.8, 4) is 0 Å². The van der Waals surface area contributed by atoms with Crippen molar-refractivity contribution in [1.82, 2.24) is 4.90 Å². The van der Waals surface area contributed by atoms with Crippen LogP contribution in [0.4, 0.5) is 4.39 Å². The van der Waals surface area contributed by atoms with E-state index in [1.807, 2.05) is 7.05 Å². The third-order valence-corrected chi connectivity index (χ3v) is 4.28. The summed E-state index contributed by atoms with van der Waals surface area (Å²) < 4.78 is 13.1. The summed E-state index contributed by atoms with van der Waals surface area (Å²) in [6, 6.07) is 4.89. The highest BCUT2D eigenvalue weighted by Crippen LogP contribution is 2.28. The van der Waals surface area contributed by atoms with Gasteiger partial charge in [-0.1, -0.05) is 17.7 Å². The van der Waals surface area contributed by atoms with Gasteiger partial charge in [0.15, 0.2) is 0 Å². The lowest BCUT2D eigenvalue weighted by atomic mass is 10.0. The van der Waals surface area contributed by atoms with E-state index in [2.05, 4.69) is 18.1 Å². The molecule has 0 aliphatic carbocycles. The molecule has 0 bridgehead atoms. The van der Waals surface area contributed by atoms with Gasteiger partial charge in [-0.15, -0.1) is 0 Å². The minimum atomic E-state index is -0.320. The van der Waals surface area contributed by atoms with Crippen molar-refractivity contribution in [2.75, 3.05) is 25.6 Å². The molecule has 0 saturated heterocycles. The second-order valence-electron chi connectivity index (χ2n) is 4.39. The van der Waals surface area contributed by atoms with E-state index in [4.69, 9.17) is 17.3 Å². The van der Waals surface area contributed by atoms with Crippen molar-refractivity contribution >= 4 is 23.4 Å². The van der Waals surface area contributed by atoms with Gasteiger partial charge in [0.2, 0.25) is 0 Å². The summed E-state index contributed by atoms with van der Waals surface area (Å²) in [5, 5.41) is 0.439. The van der Waals surface area contributed by atoms with Gasteiger partial charge in [-0.25, -0.2) is 4.39 Å². The Kier molecular flexibility index (Phi) is 6.43. The number of hydrogen-bond donors (Lipinski definition) is 1. The van der Waals surface area contributed by atoms with Crippen molar-refractivity contribution in [3.05, 3.63) is 34.6 Å². The zero-order valence-electron chi connectivity index (χ0n) is 11.0. The van der Waals surface area contributed by atoms with Crippen LogP contribution in [0.3, 0.4) is 0 Å². The molecule has 2 atom stereocenters. The molecule has 2 unspecified atom stereocenters. The maximum atomic E-state index is 13.1. The average molecular weight is 291 g/mol. The van der Waals surface area contributed by atoms with Crippen molar-refractivity contribution in [3.63, 3.8) is 0 Å². The van der Waals surface area contributed by atoms with Crippen LogP contribution in [-0.4, -0.2) is 36.5 Å². The van der Waals surface area contributed by atoms with Crippen LogP contribution >= 0.6 is 23.4 Å². The van der Waals surface area contributed by atoms with Crippen LogP contribution in [0.5, 0.6) is 0 Å². The number of nitrogens with two attached hydrogens (primary N) is 1. The lowest BCUT2D eigenvalue weighted by molar-refractivity contribution is 0.204. The molecule has 0 spiro atoms. The van der Waals surface area contributed by atoms with E-state index in [1.165, 1.54) is 12.1 Å². The maximum Gasteiger partial charge on any atom is 0.124 e. The summed E-state index contributed by atoms with van der Waals surface area (Å²) in [5.41, 5.74) is 6.73. The number of likely N-dealkylation sites (N-methyl/N-ethyl adjacent to an activating group) is 1. The van der Waals surface area contributed by atoms with E-state index in [-0.39, 0.29) is 11.9 Å². The van der Waals surface area contributed by atoms with Gasteiger partial charge < -0.3 is 5.73 Å². The lowest BCUT2D eigenvalue weighted by Gasteiger charge is -2.33. The Labute approximate surface area is 118 Å². The van der Waals surface area contributed by atoms with E-state index < -0.39 is 0 Å². The van der Waals surface area contributed by atoms with Crippen LogP contribution in [-0.2, 0) is 0 Å². The van der Waals surface area contributed by atoms with Crippen molar-refractivity contribution in [2.45, 2.75) is 19.0 Å². The second-order valence-corrected chi connectivity index (χ2v) is 5.71. The molecule has 0 radical (unpaired) electrons. The van der Waals surface area contributed by atoms with E-state index >= 15 is 0 Å². The van der Waals surface area contributed by atoms with Crippen LogP contribution < -0.4 is 5.73 Å². The molecule has 1 rings (SSSR count). The number of benzene rings is 1. The standard InChI is InChI=1S/C13H20ClFN2S/c1-9(8-18-3)17(2)13(7-16)11-5-4-10(15)6-12(11)14/h4-6,9,13H,7-8,16H2,1-3H3.